The van der Waals surface area contributed by atoms with Crippen molar-refractivity contribution in [3.8, 4) is 0 Å². The minimum Gasteiger partial charge on any atom is -0.513 e. The summed E-state index contributed by atoms with van der Waals surface area (Å²) in [5.41, 5.74) is 0. The average Bonchev–Trinajstić information content (AvgIpc) is 1.89. The first kappa shape index (κ1) is 12.8. The highest BCUT2D eigenvalue weighted by atomic mass is 16.3. The van der Waals surface area contributed by atoms with E-state index in [9.17, 15) is 4.79 Å². The predicted molar refractivity (Wildman–Crippen MR) is 47.6 cm³/mol. The van der Waals surface area contributed by atoms with Crippen LogP contribution in [0.3, 0.4) is 0 Å². The van der Waals surface area contributed by atoms with Crippen LogP contribution in [0.4, 0.5) is 0 Å². The Bertz CT molecular complexity index is 117. The van der Waals surface area contributed by atoms with E-state index in [2.05, 4.69) is 6.58 Å². The van der Waals surface area contributed by atoms with Crippen molar-refractivity contribution in [3.05, 3.63) is 12.3 Å². The second kappa shape index (κ2) is 9.21. The number of hydrogen-bond acceptors (Lipinski definition) is 2. The lowest BCUT2D eigenvalue weighted by atomic mass is 10.3. The SMILES string of the molecule is C=C(O)CCC.CCC(C)=O. The maximum Gasteiger partial charge on any atom is 0.129 e. The minimum atomic E-state index is 0.255. The maximum absolute atomic E-state index is 9.81. The number of hydrogen-bond donors (Lipinski definition) is 1. The molecule has 0 unspecified atom stereocenters. The van der Waals surface area contributed by atoms with Crippen LogP contribution < -0.4 is 0 Å². The number of ketones is 1. The second-order valence-electron chi connectivity index (χ2n) is 2.37. The van der Waals surface area contributed by atoms with E-state index in [1.807, 2.05) is 13.8 Å². The molecule has 0 aromatic rings. The van der Waals surface area contributed by atoms with Gasteiger partial charge in [-0.25, -0.2) is 0 Å². The van der Waals surface area contributed by atoms with Gasteiger partial charge in [0.25, 0.3) is 0 Å². The van der Waals surface area contributed by atoms with Gasteiger partial charge < -0.3 is 9.90 Å². The quantitative estimate of drug-likeness (QED) is 0.641. The van der Waals surface area contributed by atoms with Crippen molar-refractivity contribution in [2.45, 2.75) is 40.0 Å². The summed E-state index contributed by atoms with van der Waals surface area (Å²) in [5.74, 6) is 0.544. The van der Waals surface area contributed by atoms with Gasteiger partial charge in [-0.3, -0.25) is 0 Å². The molecule has 0 bridgehead atoms. The summed E-state index contributed by atoms with van der Waals surface area (Å²) >= 11 is 0. The molecule has 0 atom stereocenters. The number of aliphatic hydroxyl groups excluding tert-OH is 1. The van der Waals surface area contributed by atoms with Crippen LogP contribution in [0.5, 0.6) is 0 Å². The monoisotopic (exact) mass is 158 g/mol. The maximum atomic E-state index is 9.81. The normalized spacial score (nSPS) is 7.91. The lowest BCUT2D eigenvalue weighted by Gasteiger charge is -1.86. The third-order valence-corrected chi connectivity index (χ3v) is 1.04. The van der Waals surface area contributed by atoms with Crippen LogP contribution in [0, 0.1) is 0 Å². The van der Waals surface area contributed by atoms with Gasteiger partial charge in [-0.15, -0.1) is 0 Å². The van der Waals surface area contributed by atoms with Crippen LogP contribution in [0.2, 0.25) is 0 Å². The van der Waals surface area contributed by atoms with E-state index < -0.39 is 0 Å². The van der Waals surface area contributed by atoms with E-state index in [1.54, 1.807) is 6.92 Å². The van der Waals surface area contributed by atoms with Crippen LogP contribution in [0.15, 0.2) is 12.3 Å². The standard InChI is InChI=1S/C5H10O.C4H8O/c1-3-4-5(2)6;1-3-4(2)5/h6H,2-4H2,1H3;3H2,1-2H3. The summed E-state index contributed by atoms with van der Waals surface area (Å²) in [4.78, 5) is 9.81. The average molecular weight is 158 g/mol. The predicted octanol–water partition coefficient (Wildman–Crippen LogP) is 2.84. The van der Waals surface area contributed by atoms with Crippen LogP contribution in [-0.4, -0.2) is 10.9 Å². The van der Waals surface area contributed by atoms with E-state index in [-0.39, 0.29) is 11.5 Å². The van der Waals surface area contributed by atoms with E-state index in [0.717, 1.165) is 12.8 Å². The number of rotatable bonds is 3. The molecule has 0 rings (SSSR count). The van der Waals surface area contributed by atoms with Gasteiger partial charge in [0, 0.05) is 12.8 Å². The molecule has 0 radical (unpaired) electrons. The molecule has 0 saturated carbocycles. The molecule has 0 aliphatic carbocycles. The number of allylic oxidation sites excluding steroid dienone is 1. The fourth-order valence-corrected chi connectivity index (χ4v) is 0.289. The van der Waals surface area contributed by atoms with Gasteiger partial charge in [0.1, 0.15) is 5.78 Å². The van der Waals surface area contributed by atoms with Gasteiger partial charge in [0.15, 0.2) is 0 Å². The molecule has 0 fully saturated rings. The summed E-state index contributed by atoms with van der Waals surface area (Å²) in [6.07, 6.45) is 2.38. The Hall–Kier alpha value is -0.790. The molecular formula is C9H18O2. The molecule has 1 N–H and O–H groups in total. The van der Waals surface area contributed by atoms with Gasteiger partial charge in [-0.1, -0.05) is 20.4 Å². The number of carbonyl (C=O) groups excluding carboxylic acids is 1. The first-order chi connectivity index (χ1) is 5.04. The molecule has 0 aromatic heterocycles. The van der Waals surface area contributed by atoms with E-state index in [0.29, 0.717) is 6.42 Å². The largest absolute Gasteiger partial charge is 0.513 e. The van der Waals surface area contributed by atoms with Gasteiger partial charge in [-0.05, 0) is 13.3 Å². The molecule has 2 nitrogen and oxygen atoms in total. The molecule has 0 heterocycles. The molecule has 2 heteroatoms. The number of aliphatic hydroxyl groups is 1. The Kier molecular flexibility index (Phi) is 10.8. The van der Waals surface area contributed by atoms with Gasteiger partial charge in [0.05, 0.1) is 5.76 Å². The Labute approximate surface area is 68.9 Å². The van der Waals surface area contributed by atoms with Crippen LogP contribution in [-0.2, 0) is 4.79 Å². The van der Waals surface area contributed by atoms with Crippen molar-refractivity contribution >= 4 is 5.78 Å². The fourth-order valence-electron chi connectivity index (χ4n) is 0.289. The molecule has 66 valence electrons. The van der Waals surface area contributed by atoms with Crippen molar-refractivity contribution in [2.75, 3.05) is 0 Å². The molecule has 0 aromatic carbocycles. The molecule has 11 heavy (non-hydrogen) atoms. The Morgan fingerprint density at radius 3 is 1.82 bits per heavy atom. The first-order valence-electron chi connectivity index (χ1n) is 3.90. The van der Waals surface area contributed by atoms with Crippen molar-refractivity contribution in [1.29, 1.82) is 0 Å². The summed E-state index contributed by atoms with van der Waals surface area (Å²) in [6.45, 7) is 8.73. The zero-order valence-corrected chi connectivity index (χ0v) is 7.68. The van der Waals surface area contributed by atoms with Crippen LogP contribution in [0.1, 0.15) is 40.0 Å². The highest BCUT2D eigenvalue weighted by Crippen LogP contribution is 1.93. The molecule has 0 saturated heterocycles. The Morgan fingerprint density at radius 1 is 1.45 bits per heavy atom. The van der Waals surface area contributed by atoms with Gasteiger partial charge >= 0.3 is 0 Å². The van der Waals surface area contributed by atoms with E-state index >= 15 is 0 Å². The van der Waals surface area contributed by atoms with Crippen molar-refractivity contribution in [1.82, 2.24) is 0 Å². The van der Waals surface area contributed by atoms with E-state index in [1.165, 1.54) is 0 Å². The van der Waals surface area contributed by atoms with Crippen molar-refractivity contribution in [3.63, 3.8) is 0 Å². The Balaban J connectivity index is 0. The summed E-state index contributed by atoms with van der Waals surface area (Å²) in [6, 6.07) is 0. The van der Waals surface area contributed by atoms with E-state index in [4.69, 9.17) is 5.11 Å². The summed E-state index contributed by atoms with van der Waals surface area (Å²) in [7, 11) is 0. The van der Waals surface area contributed by atoms with Gasteiger partial charge in [-0.2, -0.15) is 0 Å². The second-order valence-corrected chi connectivity index (χ2v) is 2.37. The lowest BCUT2D eigenvalue weighted by molar-refractivity contribution is -0.116. The van der Waals surface area contributed by atoms with Crippen molar-refractivity contribution < 1.29 is 9.90 Å². The third-order valence-electron chi connectivity index (χ3n) is 1.04. The zero-order chi connectivity index (χ0) is 9.28. The van der Waals surface area contributed by atoms with Gasteiger partial charge in [0.2, 0.25) is 0 Å². The third kappa shape index (κ3) is 27.0. The highest BCUT2D eigenvalue weighted by Gasteiger charge is 1.79. The lowest BCUT2D eigenvalue weighted by Crippen LogP contribution is -1.80. The van der Waals surface area contributed by atoms with Crippen LogP contribution >= 0.6 is 0 Å². The number of carbonyl (C=O) groups is 1. The molecule has 0 amide bonds. The fraction of sp³-hybridized carbons (Fsp3) is 0.667. The highest BCUT2D eigenvalue weighted by molar-refractivity contribution is 5.74. The number of Topliss-reactive ketones (excluding diaryl/α,β-unsaturated/α-hetero) is 1. The van der Waals surface area contributed by atoms with Crippen LogP contribution in [0.25, 0.3) is 0 Å². The Morgan fingerprint density at radius 2 is 1.82 bits per heavy atom. The molecular weight excluding hydrogens is 140 g/mol. The molecule has 0 aliphatic heterocycles. The smallest absolute Gasteiger partial charge is 0.129 e. The molecule has 0 spiro atoms. The first-order valence-corrected chi connectivity index (χ1v) is 3.90. The molecule has 0 aliphatic rings. The van der Waals surface area contributed by atoms with Crippen molar-refractivity contribution in [2.24, 2.45) is 0 Å². The zero-order valence-electron chi connectivity index (χ0n) is 7.68. The summed E-state index contributed by atoms with van der Waals surface area (Å²) in [5, 5.41) is 8.36. The topological polar surface area (TPSA) is 37.3 Å². The summed E-state index contributed by atoms with van der Waals surface area (Å²) < 4.78 is 0. The minimum absolute atomic E-state index is 0.255.